The summed E-state index contributed by atoms with van der Waals surface area (Å²) >= 11 is 0. The molecule has 1 saturated heterocycles. The second-order valence-corrected chi connectivity index (χ2v) is 9.51. The van der Waals surface area contributed by atoms with Crippen molar-refractivity contribution in [2.75, 3.05) is 39.0 Å². The van der Waals surface area contributed by atoms with Gasteiger partial charge in [0, 0.05) is 44.8 Å². The lowest BCUT2D eigenvalue weighted by atomic mass is 10.1. The van der Waals surface area contributed by atoms with E-state index in [1.54, 1.807) is 17.4 Å². The minimum Gasteiger partial charge on any atom is -0.357 e. The Kier molecular flexibility index (Phi) is 12.4. The van der Waals surface area contributed by atoms with Gasteiger partial charge in [-0.05, 0) is 50.3 Å². The second kappa shape index (κ2) is 13.9. The largest absolute Gasteiger partial charge is 0.357 e. The highest BCUT2D eigenvalue weighted by molar-refractivity contribution is 14.0. The van der Waals surface area contributed by atoms with E-state index in [0.29, 0.717) is 31.6 Å². The fraction of sp³-hybridized carbons (Fsp3) is 0.619. The molecule has 176 valence electrons. The maximum atomic E-state index is 12.2. The van der Waals surface area contributed by atoms with E-state index in [-0.39, 0.29) is 41.7 Å². The molecule has 1 fully saturated rings. The van der Waals surface area contributed by atoms with Gasteiger partial charge in [0.05, 0.1) is 5.75 Å². The van der Waals surface area contributed by atoms with Crippen molar-refractivity contribution in [2.45, 2.75) is 45.6 Å². The van der Waals surface area contributed by atoms with Gasteiger partial charge in [-0.25, -0.2) is 12.7 Å². The second-order valence-electron chi connectivity index (χ2n) is 7.42. The van der Waals surface area contributed by atoms with Crippen molar-refractivity contribution in [3.8, 4) is 0 Å². The molecular formula is C21H36IN5O3S. The molecule has 1 aliphatic rings. The zero-order valence-electron chi connectivity index (χ0n) is 18.7. The lowest BCUT2D eigenvalue weighted by molar-refractivity contribution is 0.0963. The van der Waals surface area contributed by atoms with Crippen molar-refractivity contribution < 1.29 is 13.2 Å². The number of piperidine rings is 1. The molecule has 0 unspecified atom stereocenters. The average Bonchev–Trinajstić information content (AvgIpc) is 2.74. The molecule has 8 nitrogen and oxygen atoms in total. The maximum Gasteiger partial charge on any atom is 0.251 e. The number of rotatable bonds is 9. The smallest absolute Gasteiger partial charge is 0.251 e. The number of hydrogen-bond donors (Lipinski definition) is 3. The molecule has 0 radical (unpaired) electrons. The van der Waals surface area contributed by atoms with Crippen molar-refractivity contribution in [2.24, 2.45) is 4.99 Å². The molecule has 0 atom stereocenters. The Hall–Kier alpha value is -1.40. The summed E-state index contributed by atoms with van der Waals surface area (Å²) in [6, 6.07) is 7.76. The fourth-order valence-electron chi connectivity index (χ4n) is 3.49. The number of hydrogen-bond acceptors (Lipinski definition) is 4. The van der Waals surface area contributed by atoms with Crippen molar-refractivity contribution in [1.29, 1.82) is 0 Å². The van der Waals surface area contributed by atoms with Crippen LogP contribution in [0.4, 0.5) is 0 Å². The van der Waals surface area contributed by atoms with Crippen LogP contribution >= 0.6 is 24.0 Å². The summed E-state index contributed by atoms with van der Waals surface area (Å²) in [7, 11) is -1.50. The highest BCUT2D eigenvalue weighted by atomic mass is 127. The van der Waals surface area contributed by atoms with Crippen LogP contribution in [0.1, 0.15) is 49.0 Å². The number of amides is 1. The third-order valence-electron chi connectivity index (χ3n) is 5.08. The standard InChI is InChI=1S/C21H35N5O3S.HI/c1-4-15-30(28,29)26-13-10-19(11-14-26)25-21(23-5-2)24-12-9-17-7-6-8-18(16-17)20(27)22-3;/h6-8,16,19H,4-5,9-15H2,1-3H3,(H,22,27)(H2,23,24,25);1H. The van der Waals surface area contributed by atoms with Gasteiger partial charge in [0.15, 0.2) is 5.96 Å². The van der Waals surface area contributed by atoms with Crippen molar-refractivity contribution in [1.82, 2.24) is 20.3 Å². The number of sulfonamides is 1. The molecule has 0 spiro atoms. The molecule has 0 bridgehead atoms. The monoisotopic (exact) mass is 565 g/mol. The molecule has 1 amide bonds. The number of aliphatic imine (C=N–C) groups is 1. The first-order valence-corrected chi connectivity index (χ1v) is 12.3. The van der Waals surface area contributed by atoms with E-state index < -0.39 is 10.0 Å². The summed E-state index contributed by atoms with van der Waals surface area (Å²) in [6.07, 6.45) is 2.90. The van der Waals surface area contributed by atoms with Gasteiger partial charge in [-0.2, -0.15) is 0 Å². The number of benzene rings is 1. The zero-order chi connectivity index (χ0) is 22.0. The molecule has 3 N–H and O–H groups in total. The lowest BCUT2D eigenvalue weighted by Gasteiger charge is -2.32. The summed E-state index contributed by atoms with van der Waals surface area (Å²) in [5.41, 5.74) is 1.71. The number of halogens is 1. The fourth-order valence-corrected chi connectivity index (χ4v) is 5.03. The average molecular weight is 566 g/mol. The predicted octanol–water partition coefficient (Wildman–Crippen LogP) is 1.97. The first kappa shape index (κ1) is 27.6. The molecule has 0 saturated carbocycles. The Bertz CT molecular complexity index is 824. The Balaban J connectivity index is 0.00000480. The van der Waals surface area contributed by atoms with E-state index in [1.807, 2.05) is 32.0 Å². The molecule has 1 aliphatic heterocycles. The predicted molar refractivity (Wildman–Crippen MR) is 137 cm³/mol. The van der Waals surface area contributed by atoms with Gasteiger partial charge in [-0.3, -0.25) is 9.79 Å². The van der Waals surface area contributed by atoms with Crippen molar-refractivity contribution in [3.63, 3.8) is 0 Å². The van der Waals surface area contributed by atoms with Crippen LogP contribution in [0.3, 0.4) is 0 Å². The van der Waals surface area contributed by atoms with E-state index in [2.05, 4.69) is 20.9 Å². The van der Waals surface area contributed by atoms with Crippen LogP contribution in [0.2, 0.25) is 0 Å². The summed E-state index contributed by atoms with van der Waals surface area (Å²) in [6.45, 7) is 6.35. The Morgan fingerprint density at radius 2 is 1.94 bits per heavy atom. The number of carbonyl (C=O) groups excluding carboxylic acids is 1. The first-order chi connectivity index (χ1) is 14.4. The molecule has 1 aromatic carbocycles. The highest BCUT2D eigenvalue weighted by Gasteiger charge is 2.27. The summed E-state index contributed by atoms with van der Waals surface area (Å²) in [5.74, 6) is 0.869. The molecule has 1 heterocycles. The molecule has 2 rings (SSSR count). The third kappa shape index (κ3) is 8.93. The number of carbonyl (C=O) groups is 1. The van der Waals surface area contributed by atoms with E-state index in [4.69, 9.17) is 0 Å². The van der Waals surface area contributed by atoms with Crippen LogP contribution in [0.25, 0.3) is 0 Å². The third-order valence-corrected chi connectivity index (χ3v) is 7.16. The van der Waals surface area contributed by atoms with Crippen molar-refractivity contribution in [3.05, 3.63) is 35.4 Å². The SMILES string of the molecule is CCCS(=O)(=O)N1CCC(NC(=NCCc2cccc(C(=O)NC)c2)NCC)CC1.I. The molecule has 10 heteroatoms. The van der Waals surface area contributed by atoms with E-state index in [0.717, 1.165) is 37.3 Å². The lowest BCUT2D eigenvalue weighted by Crippen LogP contribution is -2.50. The van der Waals surface area contributed by atoms with Crippen LogP contribution in [0, 0.1) is 0 Å². The Morgan fingerprint density at radius 3 is 2.55 bits per heavy atom. The molecule has 0 aliphatic carbocycles. The van der Waals surface area contributed by atoms with Crippen LogP contribution in [0.15, 0.2) is 29.3 Å². The topological polar surface area (TPSA) is 103 Å². The van der Waals surface area contributed by atoms with E-state index >= 15 is 0 Å². The van der Waals surface area contributed by atoms with Gasteiger partial charge in [0.1, 0.15) is 0 Å². The number of nitrogens with zero attached hydrogens (tertiary/aromatic N) is 2. The number of nitrogens with one attached hydrogen (secondary N) is 3. The van der Waals surface area contributed by atoms with Crippen LogP contribution in [-0.2, 0) is 16.4 Å². The molecule has 31 heavy (non-hydrogen) atoms. The van der Waals surface area contributed by atoms with Gasteiger partial charge >= 0.3 is 0 Å². The zero-order valence-corrected chi connectivity index (χ0v) is 21.8. The first-order valence-electron chi connectivity index (χ1n) is 10.7. The quantitative estimate of drug-likeness (QED) is 0.242. The van der Waals surface area contributed by atoms with Crippen molar-refractivity contribution >= 4 is 45.9 Å². The maximum absolute atomic E-state index is 12.2. The minimum atomic E-state index is -3.12. The van der Waals surface area contributed by atoms with Gasteiger partial charge in [0.25, 0.3) is 5.91 Å². The van der Waals surface area contributed by atoms with Crippen LogP contribution in [0.5, 0.6) is 0 Å². The van der Waals surface area contributed by atoms with E-state index in [1.165, 1.54) is 0 Å². The Labute approximate surface area is 203 Å². The molecule has 0 aromatic heterocycles. The summed E-state index contributed by atoms with van der Waals surface area (Å²) in [5, 5.41) is 9.34. The van der Waals surface area contributed by atoms with Crippen LogP contribution < -0.4 is 16.0 Å². The molecular weight excluding hydrogens is 529 g/mol. The highest BCUT2D eigenvalue weighted by Crippen LogP contribution is 2.15. The normalized spacial score (nSPS) is 15.8. The summed E-state index contributed by atoms with van der Waals surface area (Å²) in [4.78, 5) is 16.4. The van der Waals surface area contributed by atoms with Gasteiger partial charge in [-0.1, -0.05) is 19.1 Å². The van der Waals surface area contributed by atoms with E-state index in [9.17, 15) is 13.2 Å². The van der Waals surface area contributed by atoms with Gasteiger partial charge in [0.2, 0.25) is 10.0 Å². The Morgan fingerprint density at radius 1 is 1.23 bits per heavy atom. The van der Waals surface area contributed by atoms with Crippen LogP contribution in [-0.4, -0.2) is 69.6 Å². The van der Waals surface area contributed by atoms with Gasteiger partial charge < -0.3 is 16.0 Å². The number of guanidine groups is 1. The molecule has 1 aromatic rings. The summed E-state index contributed by atoms with van der Waals surface area (Å²) < 4.78 is 26.1. The minimum absolute atomic E-state index is 0. The van der Waals surface area contributed by atoms with Gasteiger partial charge in [-0.15, -0.1) is 24.0 Å².